The fourth-order valence-electron chi connectivity index (χ4n) is 5.66. The molecule has 2 aromatic heterocycles. The highest BCUT2D eigenvalue weighted by Crippen LogP contribution is 2.40. The summed E-state index contributed by atoms with van der Waals surface area (Å²) in [6.07, 6.45) is 6.49. The van der Waals surface area contributed by atoms with Crippen molar-refractivity contribution in [2.75, 3.05) is 30.3 Å². The van der Waals surface area contributed by atoms with Gasteiger partial charge in [0, 0.05) is 50.2 Å². The number of nitrogens with one attached hydrogen (secondary N) is 2. The minimum absolute atomic E-state index is 0.0888. The molecule has 10 heteroatoms. The summed E-state index contributed by atoms with van der Waals surface area (Å²) in [7, 11) is 0. The van der Waals surface area contributed by atoms with Gasteiger partial charge in [-0.3, -0.25) is 15.0 Å². The standard InChI is InChI=1S/C31H38F2N6O2/c1-22(40)27(37-28-14-17-35-30(39(28)41)24-8-3-2-4-9-24)15-19-38(26-20-31(32,33)21-26)18-6-5-11-25-13-12-23-10-7-16-34-29(23)36-25/h2-4,8-9,12-14,17,26-27,41H,5-7,10-11,15-16,18-21H2,1H3,(H,34,36)/p+1/t27-/m0/s1. The number of ketones is 1. The Kier molecular flexibility index (Phi) is 9.07. The number of alkyl halides is 2. The lowest BCUT2D eigenvalue weighted by Crippen LogP contribution is -2.52. The van der Waals surface area contributed by atoms with Crippen molar-refractivity contribution in [1.82, 2.24) is 14.9 Å². The van der Waals surface area contributed by atoms with E-state index in [0.29, 0.717) is 31.2 Å². The Hall–Kier alpha value is -3.66. The lowest BCUT2D eigenvalue weighted by Gasteiger charge is -2.43. The van der Waals surface area contributed by atoms with Crippen molar-refractivity contribution in [3.63, 3.8) is 0 Å². The molecular formula is C31H39F2N6O2+. The second kappa shape index (κ2) is 12.9. The number of pyridine rings is 1. The van der Waals surface area contributed by atoms with Crippen LogP contribution in [0.1, 0.15) is 56.7 Å². The Bertz CT molecular complexity index is 1330. The SMILES string of the molecule is CC(=O)[C@H](CCN(CCCCc1ccc2c(n1)NCCC2)C1CC(F)(F)C1)Nc1ccnc(-c2ccccc2)[n+]1O. The van der Waals surface area contributed by atoms with Crippen LogP contribution in [0.2, 0.25) is 0 Å². The molecule has 1 saturated carbocycles. The fraction of sp³-hybridized carbons (Fsp3) is 0.484. The highest BCUT2D eigenvalue weighted by Gasteiger charge is 2.47. The molecule has 3 heterocycles. The van der Waals surface area contributed by atoms with Gasteiger partial charge in [0.15, 0.2) is 5.78 Å². The summed E-state index contributed by atoms with van der Waals surface area (Å²) in [5, 5.41) is 17.3. The number of Topliss-reactive ketones (excluding diaryl/α,β-unsaturated/α-hetero) is 1. The molecule has 0 unspecified atom stereocenters. The second-order valence-corrected chi connectivity index (χ2v) is 11.2. The molecule has 3 N–H and O–H groups in total. The number of rotatable bonds is 13. The normalized spacial score (nSPS) is 16.9. The van der Waals surface area contributed by atoms with Gasteiger partial charge in [0.2, 0.25) is 0 Å². The quantitative estimate of drug-likeness (QED) is 0.154. The summed E-state index contributed by atoms with van der Waals surface area (Å²) in [6.45, 7) is 3.64. The van der Waals surface area contributed by atoms with Gasteiger partial charge in [-0.2, -0.15) is 0 Å². The van der Waals surface area contributed by atoms with E-state index in [4.69, 9.17) is 4.98 Å². The Morgan fingerprint density at radius 2 is 1.98 bits per heavy atom. The van der Waals surface area contributed by atoms with Gasteiger partial charge in [-0.15, -0.1) is 4.98 Å². The van der Waals surface area contributed by atoms with Gasteiger partial charge in [0.1, 0.15) is 18.1 Å². The Morgan fingerprint density at radius 3 is 2.73 bits per heavy atom. The molecule has 41 heavy (non-hydrogen) atoms. The number of fused-ring (bicyclic) bond motifs is 1. The van der Waals surface area contributed by atoms with Crippen LogP contribution in [0, 0.1) is 0 Å². The van der Waals surface area contributed by atoms with Crippen LogP contribution < -0.4 is 15.4 Å². The molecule has 0 amide bonds. The predicted octanol–water partition coefficient (Wildman–Crippen LogP) is 4.91. The number of carbonyl (C=O) groups is 1. The summed E-state index contributed by atoms with van der Waals surface area (Å²) in [6, 6.07) is 14.3. The van der Waals surface area contributed by atoms with E-state index in [1.165, 1.54) is 12.5 Å². The topological polar surface area (TPSA) is 94.3 Å². The van der Waals surface area contributed by atoms with Gasteiger partial charge in [-0.05, 0) is 69.3 Å². The summed E-state index contributed by atoms with van der Waals surface area (Å²) in [5.41, 5.74) is 3.04. The predicted molar refractivity (Wildman–Crippen MR) is 153 cm³/mol. The number of unbranched alkanes of at least 4 members (excludes halogenated alkanes) is 1. The monoisotopic (exact) mass is 565 g/mol. The van der Waals surface area contributed by atoms with Crippen molar-refractivity contribution in [2.45, 2.75) is 76.3 Å². The number of nitrogens with zero attached hydrogens (tertiary/aromatic N) is 4. The van der Waals surface area contributed by atoms with E-state index in [-0.39, 0.29) is 24.7 Å². The molecule has 0 spiro atoms. The maximum absolute atomic E-state index is 13.8. The van der Waals surface area contributed by atoms with Gasteiger partial charge >= 0.3 is 5.82 Å². The van der Waals surface area contributed by atoms with Crippen molar-refractivity contribution in [3.05, 3.63) is 66.0 Å². The Morgan fingerprint density at radius 1 is 1.17 bits per heavy atom. The average molecular weight is 566 g/mol. The summed E-state index contributed by atoms with van der Waals surface area (Å²) >= 11 is 0. The summed E-state index contributed by atoms with van der Waals surface area (Å²) in [4.78, 5) is 23.7. The molecule has 5 rings (SSSR count). The van der Waals surface area contributed by atoms with E-state index >= 15 is 0 Å². The third kappa shape index (κ3) is 7.35. The van der Waals surface area contributed by atoms with Crippen LogP contribution in [0.4, 0.5) is 20.4 Å². The minimum Gasteiger partial charge on any atom is -0.371 e. The van der Waals surface area contributed by atoms with Crippen molar-refractivity contribution in [1.29, 1.82) is 0 Å². The molecule has 0 bridgehead atoms. The van der Waals surface area contributed by atoms with Crippen molar-refractivity contribution in [3.8, 4) is 11.4 Å². The molecule has 0 saturated heterocycles. The van der Waals surface area contributed by atoms with Crippen molar-refractivity contribution >= 4 is 17.4 Å². The average Bonchev–Trinajstić information content (AvgIpc) is 2.96. The van der Waals surface area contributed by atoms with Crippen molar-refractivity contribution < 1.29 is 23.5 Å². The van der Waals surface area contributed by atoms with Crippen LogP contribution in [0.3, 0.4) is 0 Å². The van der Waals surface area contributed by atoms with Crippen molar-refractivity contribution in [2.24, 2.45) is 0 Å². The van der Waals surface area contributed by atoms with E-state index in [9.17, 15) is 18.8 Å². The Labute approximate surface area is 239 Å². The van der Waals surface area contributed by atoms with E-state index < -0.39 is 12.0 Å². The molecule has 218 valence electrons. The zero-order valence-electron chi connectivity index (χ0n) is 23.5. The number of carbonyl (C=O) groups excluding carboxylic acids is 1. The third-order valence-electron chi connectivity index (χ3n) is 8.07. The van der Waals surface area contributed by atoms with Crippen LogP contribution in [0.5, 0.6) is 0 Å². The number of anilines is 2. The van der Waals surface area contributed by atoms with Gasteiger partial charge in [0.25, 0.3) is 11.7 Å². The highest BCUT2D eigenvalue weighted by molar-refractivity contribution is 5.83. The first-order valence-corrected chi connectivity index (χ1v) is 14.6. The van der Waals surface area contributed by atoms with E-state index in [1.807, 2.05) is 30.3 Å². The minimum atomic E-state index is -2.62. The van der Waals surface area contributed by atoms with E-state index in [0.717, 1.165) is 60.5 Å². The molecule has 2 aliphatic rings. The number of benzene rings is 1. The number of aryl methyl sites for hydroxylation is 2. The first-order chi connectivity index (χ1) is 19.8. The molecule has 1 atom stereocenters. The maximum atomic E-state index is 13.8. The van der Waals surface area contributed by atoms with Crippen LogP contribution in [0.15, 0.2) is 54.7 Å². The highest BCUT2D eigenvalue weighted by atomic mass is 19.3. The van der Waals surface area contributed by atoms with Crippen LogP contribution in [-0.2, 0) is 17.6 Å². The first kappa shape index (κ1) is 28.9. The zero-order valence-corrected chi connectivity index (χ0v) is 23.5. The lowest BCUT2D eigenvalue weighted by atomic mass is 9.86. The maximum Gasteiger partial charge on any atom is 0.307 e. The summed E-state index contributed by atoms with van der Waals surface area (Å²) < 4.78 is 28.5. The fourth-order valence-corrected chi connectivity index (χ4v) is 5.66. The number of aromatic nitrogens is 3. The molecule has 1 aliphatic heterocycles. The smallest absolute Gasteiger partial charge is 0.307 e. The first-order valence-electron chi connectivity index (χ1n) is 14.6. The molecule has 3 aromatic rings. The van der Waals surface area contributed by atoms with Gasteiger partial charge < -0.3 is 10.5 Å². The largest absolute Gasteiger partial charge is 0.371 e. The second-order valence-electron chi connectivity index (χ2n) is 11.2. The molecule has 0 radical (unpaired) electrons. The van der Waals surface area contributed by atoms with Crippen LogP contribution >= 0.6 is 0 Å². The third-order valence-corrected chi connectivity index (χ3v) is 8.07. The van der Waals surface area contributed by atoms with Crippen LogP contribution in [-0.4, -0.2) is 63.5 Å². The molecule has 1 fully saturated rings. The lowest BCUT2D eigenvalue weighted by molar-refractivity contribution is -0.886. The molecule has 8 nitrogen and oxygen atoms in total. The van der Waals surface area contributed by atoms with E-state index in [1.54, 1.807) is 12.3 Å². The van der Waals surface area contributed by atoms with Gasteiger partial charge in [-0.1, -0.05) is 29.0 Å². The van der Waals surface area contributed by atoms with E-state index in [2.05, 4.69) is 32.7 Å². The van der Waals surface area contributed by atoms with Gasteiger partial charge in [-0.25, -0.2) is 13.8 Å². The molecular weight excluding hydrogens is 526 g/mol. The Balaban J connectivity index is 1.19. The number of hydrogen-bond acceptors (Lipinski definition) is 7. The van der Waals surface area contributed by atoms with Crippen LogP contribution in [0.25, 0.3) is 11.4 Å². The number of halogens is 2. The van der Waals surface area contributed by atoms with Gasteiger partial charge in [0.05, 0.1) is 5.56 Å². The summed E-state index contributed by atoms with van der Waals surface area (Å²) in [5.74, 6) is -1.03. The zero-order chi connectivity index (χ0) is 28.8. The molecule has 1 aromatic carbocycles. The number of hydrogen-bond donors (Lipinski definition) is 3. The molecule has 1 aliphatic carbocycles.